The number of rotatable bonds is 4. The van der Waals surface area contributed by atoms with Gasteiger partial charge >= 0.3 is 0 Å². The van der Waals surface area contributed by atoms with Gasteiger partial charge in [-0.3, -0.25) is 4.79 Å². The Kier molecular flexibility index (Phi) is 7.37. The quantitative estimate of drug-likeness (QED) is 0.918. The van der Waals surface area contributed by atoms with Crippen molar-refractivity contribution in [3.8, 4) is 0 Å². The molecule has 1 heterocycles. The van der Waals surface area contributed by atoms with Crippen molar-refractivity contribution < 1.29 is 4.79 Å². The molecule has 3 nitrogen and oxygen atoms in total. The highest BCUT2D eigenvalue weighted by molar-refractivity contribution is 5.85. The highest BCUT2D eigenvalue weighted by Crippen LogP contribution is 2.23. The fourth-order valence-corrected chi connectivity index (χ4v) is 2.95. The van der Waals surface area contributed by atoms with Crippen molar-refractivity contribution in [2.75, 3.05) is 13.1 Å². The van der Waals surface area contributed by atoms with Gasteiger partial charge in [0.05, 0.1) is 0 Å². The summed E-state index contributed by atoms with van der Waals surface area (Å²) in [5.41, 5.74) is 8.55. The van der Waals surface area contributed by atoms with E-state index in [0.29, 0.717) is 12.3 Å². The van der Waals surface area contributed by atoms with Gasteiger partial charge in [0.15, 0.2) is 0 Å². The van der Waals surface area contributed by atoms with Gasteiger partial charge in [0.1, 0.15) is 0 Å². The highest BCUT2D eigenvalue weighted by atomic mass is 35.5. The SMILES string of the molecule is CC(C)c1ccc(C(C)CC(=O)N2CCCC(N)C2)cc1.Cl. The molecule has 0 aromatic heterocycles. The molecule has 22 heavy (non-hydrogen) atoms. The number of hydrogen-bond acceptors (Lipinski definition) is 2. The minimum atomic E-state index is 0. The lowest BCUT2D eigenvalue weighted by atomic mass is 9.93. The lowest BCUT2D eigenvalue weighted by molar-refractivity contribution is -0.132. The summed E-state index contributed by atoms with van der Waals surface area (Å²) in [5.74, 6) is 1.05. The molecule has 4 heteroatoms. The monoisotopic (exact) mass is 324 g/mol. The average Bonchev–Trinajstić information content (AvgIpc) is 2.47. The van der Waals surface area contributed by atoms with Crippen LogP contribution in [0.25, 0.3) is 0 Å². The Labute approximate surface area is 140 Å². The molecule has 0 saturated carbocycles. The van der Waals surface area contributed by atoms with E-state index in [1.165, 1.54) is 11.1 Å². The van der Waals surface area contributed by atoms with Crippen LogP contribution in [-0.4, -0.2) is 29.9 Å². The van der Waals surface area contributed by atoms with Crippen molar-refractivity contribution >= 4 is 18.3 Å². The summed E-state index contributed by atoms with van der Waals surface area (Å²) in [6.07, 6.45) is 2.65. The molecule has 2 N–H and O–H groups in total. The first kappa shape index (κ1) is 19.0. The maximum atomic E-state index is 12.4. The van der Waals surface area contributed by atoms with Crippen LogP contribution in [0.3, 0.4) is 0 Å². The number of carbonyl (C=O) groups is 1. The first-order chi connectivity index (χ1) is 9.97. The Morgan fingerprint density at radius 1 is 1.23 bits per heavy atom. The summed E-state index contributed by atoms with van der Waals surface area (Å²) >= 11 is 0. The fraction of sp³-hybridized carbons (Fsp3) is 0.611. The van der Waals surface area contributed by atoms with Crippen LogP contribution in [0, 0.1) is 0 Å². The van der Waals surface area contributed by atoms with E-state index in [-0.39, 0.29) is 30.3 Å². The standard InChI is InChI=1S/C18H28N2O.ClH/c1-13(2)15-6-8-16(9-7-15)14(3)11-18(21)20-10-4-5-17(19)12-20;/h6-9,13-14,17H,4-5,10-12,19H2,1-3H3;1H. The largest absolute Gasteiger partial charge is 0.341 e. The van der Waals surface area contributed by atoms with Crippen LogP contribution in [0.4, 0.5) is 0 Å². The molecule has 124 valence electrons. The zero-order chi connectivity index (χ0) is 15.4. The zero-order valence-electron chi connectivity index (χ0n) is 13.9. The Hall–Kier alpha value is -1.06. The fourth-order valence-electron chi connectivity index (χ4n) is 2.95. The number of likely N-dealkylation sites (tertiary alicyclic amines) is 1. The van der Waals surface area contributed by atoms with Crippen LogP contribution in [0.5, 0.6) is 0 Å². The molecule has 1 aliphatic rings. The topological polar surface area (TPSA) is 46.3 Å². The first-order valence-electron chi connectivity index (χ1n) is 8.10. The van der Waals surface area contributed by atoms with E-state index in [2.05, 4.69) is 45.0 Å². The van der Waals surface area contributed by atoms with Gasteiger partial charge in [-0.2, -0.15) is 0 Å². The normalized spacial score (nSPS) is 19.7. The van der Waals surface area contributed by atoms with Crippen LogP contribution >= 0.6 is 12.4 Å². The van der Waals surface area contributed by atoms with Crippen molar-refractivity contribution in [3.05, 3.63) is 35.4 Å². The van der Waals surface area contributed by atoms with Crippen LogP contribution in [0.15, 0.2) is 24.3 Å². The molecule has 0 bridgehead atoms. The summed E-state index contributed by atoms with van der Waals surface area (Å²) in [4.78, 5) is 14.3. The number of piperidine rings is 1. The molecule has 1 amide bonds. The third-order valence-corrected chi connectivity index (χ3v) is 4.46. The van der Waals surface area contributed by atoms with E-state index in [1.54, 1.807) is 0 Å². The van der Waals surface area contributed by atoms with E-state index < -0.39 is 0 Å². The third kappa shape index (κ3) is 4.99. The molecule has 2 unspecified atom stereocenters. The smallest absolute Gasteiger partial charge is 0.223 e. The van der Waals surface area contributed by atoms with Crippen LogP contribution in [0.1, 0.15) is 63.0 Å². The Morgan fingerprint density at radius 2 is 1.82 bits per heavy atom. The number of halogens is 1. The van der Waals surface area contributed by atoms with E-state index in [4.69, 9.17) is 5.73 Å². The molecule has 1 saturated heterocycles. The molecular formula is C18H29ClN2O. The van der Waals surface area contributed by atoms with Gasteiger partial charge < -0.3 is 10.6 Å². The molecule has 0 radical (unpaired) electrons. The number of carbonyl (C=O) groups excluding carboxylic acids is 1. The maximum absolute atomic E-state index is 12.4. The van der Waals surface area contributed by atoms with Crippen molar-refractivity contribution in [1.82, 2.24) is 4.90 Å². The van der Waals surface area contributed by atoms with Gasteiger partial charge in [0.25, 0.3) is 0 Å². The van der Waals surface area contributed by atoms with E-state index in [0.717, 1.165) is 25.9 Å². The summed E-state index contributed by atoms with van der Waals surface area (Å²) < 4.78 is 0. The Balaban J connectivity index is 0.00000242. The predicted molar refractivity (Wildman–Crippen MR) is 94.6 cm³/mol. The summed E-state index contributed by atoms with van der Waals surface area (Å²) in [6.45, 7) is 8.11. The van der Waals surface area contributed by atoms with Crippen molar-refractivity contribution in [2.24, 2.45) is 5.73 Å². The lowest BCUT2D eigenvalue weighted by Crippen LogP contribution is -2.45. The van der Waals surface area contributed by atoms with Gasteiger partial charge in [0.2, 0.25) is 5.91 Å². The van der Waals surface area contributed by atoms with Crippen LogP contribution in [-0.2, 0) is 4.79 Å². The molecule has 1 aromatic carbocycles. The van der Waals surface area contributed by atoms with E-state index in [9.17, 15) is 4.79 Å². The molecular weight excluding hydrogens is 296 g/mol. The van der Waals surface area contributed by atoms with Gasteiger partial charge in [-0.15, -0.1) is 12.4 Å². The number of benzene rings is 1. The van der Waals surface area contributed by atoms with Gasteiger partial charge in [-0.25, -0.2) is 0 Å². The number of nitrogens with two attached hydrogens (primary N) is 1. The summed E-state index contributed by atoms with van der Waals surface area (Å²) in [5, 5.41) is 0. The van der Waals surface area contributed by atoms with Gasteiger partial charge in [-0.05, 0) is 35.8 Å². The second-order valence-electron chi connectivity index (χ2n) is 6.67. The molecule has 2 rings (SSSR count). The van der Waals surface area contributed by atoms with Crippen molar-refractivity contribution in [1.29, 1.82) is 0 Å². The minimum Gasteiger partial charge on any atom is -0.341 e. The van der Waals surface area contributed by atoms with E-state index >= 15 is 0 Å². The Morgan fingerprint density at radius 3 is 2.36 bits per heavy atom. The molecule has 1 aliphatic heterocycles. The summed E-state index contributed by atoms with van der Waals surface area (Å²) in [7, 11) is 0. The van der Waals surface area contributed by atoms with E-state index in [1.807, 2.05) is 4.90 Å². The minimum absolute atomic E-state index is 0. The number of nitrogens with zero attached hydrogens (tertiary/aromatic N) is 1. The molecule has 0 spiro atoms. The predicted octanol–water partition coefficient (Wildman–Crippen LogP) is 3.68. The number of amides is 1. The molecule has 1 fully saturated rings. The summed E-state index contributed by atoms with van der Waals surface area (Å²) in [6, 6.07) is 8.84. The number of hydrogen-bond donors (Lipinski definition) is 1. The van der Waals surface area contributed by atoms with Gasteiger partial charge in [0, 0.05) is 25.6 Å². The lowest BCUT2D eigenvalue weighted by Gasteiger charge is -2.31. The van der Waals surface area contributed by atoms with Crippen molar-refractivity contribution in [3.63, 3.8) is 0 Å². The Bertz CT molecular complexity index is 472. The van der Waals surface area contributed by atoms with Gasteiger partial charge in [-0.1, -0.05) is 45.0 Å². The zero-order valence-corrected chi connectivity index (χ0v) is 14.7. The molecule has 2 atom stereocenters. The first-order valence-corrected chi connectivity index (χ1v) is 8.10. The van der Waals surface area contributed by atoms with Crippen molar-refractivity contribution in [2.45, 2.75) is 57.9 Å². The van der Waals surface area contributed by atoms with Crippen LogP contribution in [0.2, 0.25) is 0 Å². The second-order valence-corrected chi connectivity index (χ2v) is 6.67. The highest BCUT2D eigenvalue weighted by Gasteiger charge is 2.22. The van der Waals surface area contributed by atoms with Crippen LogP contribution < -0.4 is 5.73 Å². The average molecular weight is 325 g/mol. The third-order valence-electron chi connectivity index (χ3n) is 4.46. The second kappa shape index (κ2) is 8.54. The molecule has 0 aliphatic carbocycles. The maximum Gasteiger partial charge on any atom is 0.223 e. The molecule has 1 aromatic rings.